The Morgan fingerprint density at radius 3 is 1.86 bits per heavy atom. The Labute approximate surface area is 205 Å². The van der Waals surface area contributed by atoms with Gasteiger partial charge < -0.3 is 29.9 Å². The fourth-order valence-corrected chi connectivity index (χ4v) is 4.40. The lowest BCUT2D eigenvalue weighted by molar-refractivity contribution is 0.282. The van der Waals surface area contributed by atoms with E-state index in [1.165, 1.54) is 62.4 Å². The van der Waals surface area contributed by atoms with Gasteiger partial charge in [0.1, 0.15) is 28.2 Å². The molecule has 190 valence electrons. The van der Waals surface area contributed by atoms with Crippen LogP contribution >= 0.6 is 0 Å². The van der Waals surface area contributed by atoms with E-state index in [0.29, 0.717) is 17.5 Å². The summed E-state index contributed by atoms with van der Waals surface area (Å²) in [5.41, 5.74) is 0.325. The van der Waals surface area contributed by atoms with Crippen molar-refractivity contribution in [3.63, 3.8) is 0 Å². The fourth-order valence-electron chi connectivity index (χ4n) is 4.40. The summed E-state index contributed by atoms with van der Waals surface area (Å²) in [6.07, 6.45) is 12.6. The van der Waals surface area contributed by atoms with Crippen molar-refractivity contribution in [1.82, 2.24) is 0 Å². The monoisotopic (exact) mass is 484 g/mol. The van der Waals surface area contributed by atoms with Crippen molar-refractivity contribution in [3.8, 4) is 34.3 Å². The first-order valence-electron chi connectivity index (χ1n) is 12.6. The van der Waals surface area contributed by atoms with Crippen LogP contribution in [0.3, 0.4) is 0 Å². The molecule has 0 aliphatic heterocycles. The maximum atomic E-state index is 12.8. The van der Waals surface area contributed by atoms with Crippen LogP contribution < -0.4 is 5.43 Å². The van der Waals surface area contributed by atoms with E-state index in [9.17, 15) is 25.2 Å². The van der Waals surface area contributed by atoms with Crippen LogP contribution in [0.15, 0.2) is 39.5 Å². The Kier molecular flexibility index (Phi) is 9.85. The summed E-state index contributed by atoms with van der Waals surface area (Å²) < 4.78 is 5.73. The molecule has 7 heteroatoms. The van der Waals surface area contributed by atoms with Gasteiger partial charge in [0.05, 0.1) is 0 Å². The van der Waals surface area contributed by atoms with Crippen LogP contribution in [0, 0.1) is 0 Å². The standard InChI is InChI=1S/C28H36O7/c29-15-11-9-7-5-3-1-2-4-6-8-10-12-20-22(31)17-26-27(28(20)34)24(33)18-25(35-26)19-13-14-21(30)23(32)16-19/h13-14,16-18,29-32,34H,1-12,15H2. The minimum Gasteiger partial charge on any atom is -0.507 e. The lowest BCUT2D eigenvalue weighted by Crippen LogP contribution is -2.02. The van der Waals surface area contributed by atoms with Crippen LogP contribution in [0.2, 0.25) is 0 Å². The van der Waals surface area contributed by atoms with Gasteiger partial charge in [-0.1, -0.05) is 57.8 Å². The minimum atomic E-state index is -0.455. The van der Waals surface area contributed by atoms with Gasteiger partial charge in [-0.05, 0) is 37.5 Å². The number of phenolic OH excluding ortho intramolecular Hbond substituents is 4. The summed E-state index contributed by atoms with van der Waals surface area (Å²) in [5, 5.41) is 49.2. The van der Waals surface area contributed by atoms with Crippen molar-refractivity contribution >= 4 is 11.0 Å². The number of rotatable bonds is 14. The van der Waals surface area contributed by atoms with Gasteiger partial charge in [-0.25, -0.2) is 0 Å². The zero-order valence-electron chi connectivity index (χ0n) is 20.1. The smallest absolute Gasteiger partial charge is 0.197 e. The fraction of sp³-hybridized carbons (Fsp3) is 0.464. The molecule has 0 spiro atoms. The van der Waals surface area contributed by atoms with Gasteiger partial charge in [-0.15, -0.1) is 0 Å². The third-order valence-corrected chi connectivity index (χ3v) is 6.42. The number of phenols is 4. The Hall–Kier alpha value is -3.19. The number of aliphatic hydroxyl groups excluding tert-OH is 1. The normalized spacial score (nSPS) is 11.3. The average molecular weight is 485 g/mol. The molecule has 1 heterocycles. The second kappa shape index (κ2) is 13.0. The molecule has 0 aliphatic carbocycles. The first-order chi connectivity index (χ1) is 16.9. The topological polar surface area (TPSA) is 131 Å². The molecule has 3 aromatic rings. The van der Waals surface area contributed by atoms with E-state index >= 15 is 0 Å². The molecule has 0 bridgehead atoms. The van der Waals surface area contributed by atoms with E-state index < -0.39 is 5.43 Å². The molecule has 0 atom stereocenters. The lowest BCUT2D eigenvalue weighted by atomic mass is 10.00. The van der Waals surface area contributed by atoms with Crippen molar-refractivity contribution < 1.29 is 29.9 Å². The number of aromatic hydroxyl groups is 4. The van der Waals surface area contributed by atoms with Gasteiger partial charge in [0.15, 0.2) is 16.9 Å². The molecule has 3 rings (SSSR count). The first-order valence-corrected chi connectivity index (χ1v) is 12.6. The van der Waals surface area contributed by atoms with Gasteiger partial charge in [0.2, 0.25) is 0 Å². The number of benzene rings is 2. The molecular formula is C28H36O7. The Morgan fingerprint density at radius 1 is 0.657 bits per heavy atom. The summed E-state index contributed by atoms with van der Waals surface area (Å²) in [7, 11) is 0. The summed E-state index contributed by atoms with van der Waals surface area (Å²) >= 11 is 0. The molecule has 0 unspecified atom stereocenters. The van der Waals surface area contributed by atoms with Crippen LogP contribution in [-0.2, 0) is 6.42 Å². The Bertz CT molecular complexity index is 1170. The third kappa shape index (κ3) is 7.15. The number of aliphatic hydroxyl groups is 1. The van der Waals surface area contributed by atoms with Gasteiger partial charge in [-0.3, -0.25) is 4.79 Å². The largest absolute Gasteiger partial charge is 0.507 e. The molecule has 35 heavy (non-hydrogen) atoms. The summed E-state index contributed by atoms with van der Waals surface area (Å²) in [5.74, 6) is -0.864. The lowest BCUT2D eigenvalue weighted by Gasteiger charge is -2.11. The number of hydrogen-bond donors (Lipinski definition) is 5. The van der Waals surface area contributed by atoms with Crippen molar-refractivity contribution in [2.45, 2.75) is 77.0 Å². The number of fused-ring (bicyclic) bond motifs is 1. The second-order valence-electron chi connectivity index (χ2n) is 9.14. The average Bonchev–Trinajstić information content (AvgIpc) is 2.82. The number of unbranched alkanes of at least 4 members (excludes halogenated alkanes) is 10. The van der Waals surface area contributed by atoms with E-state index in [-0.39, 0.29) is 46.3 Å². The zero-order chi connectivity index (χ0) is 25.2. The molecule has 7 nitrogen and oxygen atoms in total. The van der Waals surface area contributed by atoms with Crippen molar-refractivity contribution in [2.75, 3.05) is 6.61 Å². The molecule has 5 N–H and O–H groups in total. The summed E-state index contributed by atoms with van der Waals surface area (Å²) in [4.78, 5) is 12.8. The Balaban J connectivity index is 1.55. The quantitative estimate of drug-likeness (QED) is 0.138. The van der Waals surface area contributed by atoms with Gasteiger partial charge in [0, 0.05) is 29.9 Å². The van der Waals surface area contributed by atoms with E-state index in [0.717, 1.165) is 38.5 Å². The van der Waals surface area contributed by atoms with Gasteiger partial charge >= 0.3 is 0 Å². The molecule has 1 aromatic heterocycles. The number of hydrogen-bond acceptors (Lipinski definition) is 7. The van der Waals surface area contributed by atoms with Crippen LogP contribution in [0.25, 0.3) is 22.3 Å². The van der Waals surface area contributed by atoms with Crippen molar-refractivity contribution in [1.29, 1.82) is 0 Å². The summed E-state index contributed by atoms with van der Waals surface area (Å²) in [6, 6.07) is 6.62. The maximum Gasteiger partial charge on any atom is 0.197 e. The van der Waals surface area contributed by atoms with Crippen LogP contribution in [0.5, 0.6) is 23.0 Å². The molecule has 0 fully saturated rings. The predicted octanol–water partition coefficient (Wildman–Crippen LogP) is 6.11. The minimum absolute atomic E-state index is 0.0172. The van der Waals surface area contributed by atoms with Crippen molar-refractivity contribution in [2.24, 2.45) is 0 Å². The van der Waals surface area contributed by atoms with E-state index in [1.807, 2.05) is 0 Å². The maximum absolute atomic E-state index is 12.8. The molecular weight excluding hydrogens is 448 g/mol. The van der Waals surface area contributed by atoms with Crippen LogP contribution in [0.4, 0.5) is 0 Å². The Morgan fingerprint density at radius 2 is 1.26 bits per heavy atom. The molecule has 2 aromatic carbocycles. The molecule has 0 amide bonds. The SMILES string of the molecule is O=c1cc(-c2ccc(O)c(O)c2)oc2cc(O)c(CCCCCCCCCCCCCO)c(O)c12. The van der Waals surface area contributed by atoms with Gasteiger partial charge in [-0.2, -0.15) is 0 Å². The molecule has 0 aliphatic rings. The van der Waals surface area contributed by atoms with Crippen molar-refractivity contribution in [3.05, 3.63) is 46.1 Å². The molecule has 0 radical (unpaired) electrons. The highest BCUT2D eigenvalue weighted by atomic mass is 16.3. The van der Waals surface area contributed by atoms with Crippen LogP contribution in [-0.4, -0.2) is 32.1 Å². The predicted molar refractivity (Wildman–Crippen MR) is 136 cm³/mol. The molecule has 0 saturated carbocycles. The highest BCUT2D eigenvalue weighted by Gasteiger charge is 2.18. The molecule has 0 saturated heterocycles. The van der Waals surface area contributed by atoms with Gasteiger partial charge in [0.25, 0.3) is 0 Å². The first kappa shape index (κ1) is 26.4. The van der Waals surface area contributed by atoms with E-state index in [1.54, 1.807) is 0 Å². The highest BCUT2D eigenvalue weighted by Crippen LogP contribution is 2.37. The zero-order valence-corrected chi connectivity index (χ0v) is 20.1. The van der Waals surface area contributed by atoms with E-state index in [4.69, 9.17) is 9.52 Å². The highest BCUT2D eigenvalue weighted by molar-refractivity contribution is 5.88. The summed E-state index contributed by atoms with van der Waals surface area (Å²) in [6.45, 7) is 0.288. The second-order valence-corrected chi connectivity index (χ2v) is 9.14. The third-order valence-electron chi connectivity index (χ3n) is 6.42. The van der Waals surface area contributed by atoms with Crippen LogP contribution in [0.1, 0.15) is 76.2 Å². The van der Waals surface area contributed by atoms with E-state index in [2.05, 4.69) is 0 Å².